The normalized spacial score (nSPS) is 15.8. The van der Waals surface area contributed by atoms with E-state index in [0.717, 1.165) is 12.1 Å². The van der Waals surface area contributed by atoms with Crippen molar-refractivity contribution < 1.29 is 14.6 Å². The summed E-state index contributed by atoms with van der Waals surface area (Å²) in [5.41, 5.74) is -0.630. The van der Waals surface area contributed by atoms with Crippen molar-refractivity contribution in [1.29, 1.82) is 0 Å². The molecule has 0 spiro atoms. The third-order valence-corrected chi connectivity index (χ3v) is 2.71. The van der Waals surface area contributed by atoms with Gasteiger partial charge in [0.1, 0.15) is 11.4 Å². The van der Waals surface area contributed by atoms with Gasteiger partial charge in [0.15, 0.2) is 0 Å². The number of anilines is 1. The van der Waals surface area contributed by atoms with E-state index in [1.165, 1.54) is 13.8 Å². The molecule has 92 valence electrons. The van der Waals surface area contributed by atoms with Gasteiger partial charge in [-0.15, -0.1) is 0 Å². The average Bonchev–Trinajstić information content (AvgIpc) is 2.48. The zero-order valence-electron chi connectivity index (χ0n) is 10.1. The van der Waals surface area contributed by atoms with Crippen molar-refractivity contribution >= 4 is 11.6 Å². The number of amides is 1. The van der Waals surface area contributed by atoms with Gasteiger partial charge in [0.05, 0.1) is 12.3 Å². The van der Waals surface area contributed by atoms with Crippen molar-refractivity contribution in [3.05, 3.63) is 24.3 Å². The first-order valence-corrected chi connectivity index (χ1v) is 5.76. The predicted molar refractivity (Wildman–Crippen MR) is 65.2 cm³/mol. The Hall–Kier alpha value is -1.55. The molecule has 0 atom stereocenters. The largest absolute Gasteiger partial charge is 0.491 e. The zero-order valence-corrected chi connectivity index (χ0v) is 10.1. The Morgan fingerprint density at radius 1 is 1.41 bits per heavy atom. The summed E-state index contributed by atoms with van der Waals surface area (Å²) in [5.74, 6) is 0.401. The molecule has 0 unspecified atom stereocenters. The standard InChI is InChI=1S/C13H17NO3/c1-13(2,16)12(15)14-8-5-9-17-11-7-4-3-6-10(11)14/h3-4,6-7,16H,5,8-9H2,1-2H3. The van der Waals surface area contributed by atoms with Crippen LogP contribution in [-0.4, -0.2) is 29.8 Å². The number of para-hydroxylation sites is 2. The van der Waals surface area contributed by atoms with Crippen LogP contribution < -0.4 is 9.64 Å². The molecule has 2 rings (SSSR count). The third kappa shape index (κ3) is 2.42. The molecular formula is C13H17NO3. The first-order chi connectivity index (χ1) is 8.00. The van der Waals surface area contributed by atoms with Crippen LogP contribution >= 0.6 is 0 Å². The molecule has 0 saturated carbocycles. The fraction of sp³-hybridized carbons (Fsp3) is 0.462. The van der Waals surface area contributed by atoms with E-state index in [2.05, 4.69) is 0 Å². The van der Waals surface area contributed by atoms with Crippen molar-refractivity contribution in [2.45, 2.75) is 25.9 Å². The maximum absolute atomic E-state index is 12.2. The number of carbonyl (C=O) groups excluding carboxylic acids is 1. The van der Waals surface area contributed by atoms with Crippen LogP contribution in [0, 0.1) is 0 Å². The van der Waals surface area contributed by atoms with E-state index in [4.69, 9.17) is 4.74 Å². The van der Waals surface area contributed by atoms with Gasteiger partial charge in [-0.1, -0.05) is 12.1 Å². The molecular weight excluding hydrogens is 218 g/mol. The summed E-state index contributed by atoms with van der Waals surface area (Å²) in [6, 6.07) is 7.41. The van der Waals surface area contributed by atoms with Gasteiger partial charge in [-0.05, 0) is 32.4 Å². The summed E-state index contributed by atoms with van der Waals surface area (Å²) in [4.78, 5) is 13.8. The number of rotatable bonds is 1. The highest BCUT2D eigenvalue weighted by molar-refractivity contribution is 6.00. The maximum atomic E-state index is 12.2. The van der Waals surface area contributed by atoms with Crippen molar-refractivity contribution in [3.63, 3.8) is 0 Å². The monoisotopic (exact) mass is 235 g/mol. The summed E-state index contributed by atoms with van der Waals surface area (Å²) in [5, 5.41) is 9.82. The molecule has 1 heterocycles. The highest BCUT2D eigenvalue weighted by Crippen LogP contribution is 2.31. The molecule has 0 fully saturated rings. The van der Waals surface area contributed by atoms with Crippen LogP contribution in [0.4, 0.5) is 5.69 Å². The summed E-state index contributed by atoms with van der Waals surface area (Å²) >= 11 is 0. The molecule has 1 aliphatic rings. The van der Waals surface area contributed by atoms with Crippen LogP contribution in [0.5, 0.6) is 5.75 Å². The molecule has 0 aliphatic carbocycles. The molecule has 0 bridgehead atoms. The Morgan fingerprint density at radius 2 is 2.12 bits per heavy atom. The van der Waals surface area contributed by atoms with E-state index in [0.29, 0.717) is 18.9 Å². The fourth-order valence-corrected chi connectivity index (χ4v) is 1.87. The van der Waals surface area contributed by atoms with E-state index in [1.54, 1.807) is 4.90 Å². The van der Waals surface area contributed by atoms with Crippen molar-refractivity contribution in [1.82, 2.24) is 0 Å². The number of aliphatic hydroxyl groups is 1. The number of hydrogen-bond donors (Lipinski definition) is 1. The van der Waals surface area contributed by atoms with Gasteiger partial charge in [-0.3, -0.25) is 4.79 Å². The quantitative estimate of drug-likeness (QED) is 0.804. The Bertz CT molecular complexity index is 423. The molecule has 1 amide bonds. The first kappa shape index (κ1) is 11.9. The molecule has 1 aromatic carbocycles. The van der Waals surface area contributed by atoms with E-state index in [9.17, 15) is 9.90 Å². The van der Waals surface area contributed by atoms with Crippen molar-refractivity contribution in [2.24, 2.45) is 0 Å². The van der Waals surface area contributed by atoms with Gasteiger partial charge in [-0.25, -0.2) is 0 Å². The van der Waals surface area contributed by atoms with Crippen LogP contribution in [0.1, 0.15) is 20.3 Å². The first-order valence-electron chi connectivity index (χ1n) is 5.76. The Labute approximate surface area is 101 Å². The lowest BCUT2D eigenvalue weighted by Gasteiger charge is -2.27. The van der Waals surface area contributed by atoms with Crippen LogP contribution in [0.15, 0.2) is 24.3 Å². The molecule has 1 aliphatic heterocycles. The fourth-order valence-electron chi connectivity index (χ4n) is 1.87. The Balaban J connectivity index is 2.38. The van der Waals surface area contributed by atoms with E-state index >= 15 is 0 Å². The second-order valence-electron chi connectivity index (χ2n) is 4.69. The molecule has 4 heteroatoms. The number of carbonyl (C=O) groups is 1. The maximum Gasteiger partial charge on any atom is 0.258 e. The van der Waals surface area contributed by atoms with Crippen LogP contribution in [0.2, 0.25) is 0 Å². The van der Waals surface area contributed by atoms with Gasteiger partial charge < -0.3 is 14.7 Å². The number of fused-ring (bicyclic) bond motifs is 1. The van der Waals surface area contributed by atoms with Gasteiger partial charge in [0.25, 0.3) is 5.91 Å². The number of benzene rings is 1. The summed E-state index contributed by atoms with van der Waals surface area (Å²) in [6.45, 7) is 4.17. The molecule has 1 aromatic rings. The van der Waals surface area contributed by atoms with E-state index in [-0.39, 0.29) is 5.91 Å². The number of nitrogens with zero attached hydrogens (tertiary/aromatic N) is 1. The minimum absolute atomic E-state index is 0.296. The molecule has 0 aromatic heterocycles. The second-order valence-corrected chi connectivity index (χ2v) is 4.69. The smallest absolute Gasteiger partial charge is 0.258 e. The summed E-state index contributed by atoms with van der Waals surface area (Å²) < 4.78 is 5.57. The molecule has 1 N–H and O–H groups in total. The van der Waals surface area contributed by atoms with Crippen LogP contribution in [0.3, 0.4) is 0 Å². The lowest BCUT2D eigenvalue weighted by atomic mass is 10.1. The van der Waals surface area contributed by atoms with Crippen LogP contribution in [0.25, 0.3) is 0 Å². The topological polar surface area (TPSA) is 49.8 Å². The third-order valence-electron chi connectivity index (χ3n) is 2.71. The van der Waals surface area contributed by atoms with E-state index in [1.807, 2.05) is 24.3 Å². The lowest BCUT2D eigenvalue weighted by Crippen LogP contribution is -2.45. The molecule has 0 saturated heterocycles. The Kier molecular flexibility index (Phi) is 3.07. The zero-order chi connectivity index (χ0) is 12.5. The van der Waals surface area contributed by atoms with Crippen molar-refractivity contribution in [3.8, 4) is 5.75 Å². The minimum Gasteiger partial charge on any atom is -0.491 e. The highest BCUT2D eigenvalue weighted by atomic mass is 16.5. The lowest BCUT2D eigenvalue weighted by molar-refractivity contribution is -0.133. The summed E-state index contributed by atoms with van der Waals surface area (Å²) in [6.07, 6.45) is 0.760. The highest BCUT2D eigenvalue weighted by Gasteiger charge is 2.32. The Morgan fingerprint density at radius 3 is 2.82 bits per heavy atom. The molecule has 4 nitrogen and oxygen atoms in total. The molecule has 0 radical (unpaired) electrons. The van der Waals surface area contributed by atoms with Gasteiger partial charge in [-0.2, -0.15) is 0 Å². The second kappa shape index (κ2) is 4.37. The van der Waals surface area contributed by atoms with Gasteiger partial charge >= 0.3 is 0 Å². The number of hydrogen-bond acceptors (Lipinski definition) is 3. The SMILES string of the molecule is CC(C)(O)C(=O)N1CCCOc2ccccc21. The van der Waals surface area contributed by atoms with Gasteiger partial charge in [0.2, 0.25) is 0 Å². The minimum atomic E-state index is -1.36. The van der Waals surface area contributed by atoms with Crippen molar-refractivity contribution in [2.75, 3.05) is 18.1 Å². The predicted octanol–water partition coefficient (Wildman–Crippen LogP) is 1.57. The molecule has 17 heavy (non-hydrogen) atoms. The van der Waals surface area contributed by atoms with Crippen LogP contribution in [-0.2, 0) is 4.79 Å². The summed E-state index contributed by atoms with van der Waals surface area (Å²) in [7, 11) is 0. The van der Waals surface area contributed by atoms with E-state index < -0.39 is 5.60 Å². The van der Waals surface area contributed by atoms with Gasteiger partial charge in [0, 0.05) is 6.54 Å². The number of ether oxygens (including phenoxy) is 1. The average molecular weight is 235 g/mol.